The van der Waals surface area contributed by atoms with Gasteiger partial charge >= 0.3 is 21.2 Å². The van der Waals surface area contributed by atoms with E-state index in [9.17, 15) is 0 Å². The Labute approximate surface area is 119 Å². The van der Waals surface area contributed by atoms with Crippen LogP contribution in [-0.2, 0) is 0 Å². The van der Waals surface area contributed by atoms with Crippen LogP contribution in [0.1, 0.15) is 22.3 Å². The van der Waals surface area contributed by atoms with E-state index in [2.05, 4.69) is 45.0 Å². The van der Waals surface area contributed by atoms with Crippen LogP contribution in [0.25, 0.3) is 0 Å². The second-order valence-electron chi connectivity index (χ2n) is 4.43. The van der Waals surface area contributed by atoms with Gasteiger partial charge in [0, 0.05) is 17.2 Å². The van der Waals surface area contributed by atoms with Gasteiger partial charge in [-0.05, 0) is 32.9 Å². The third kappa shape index (κ3) is 2.91. The summed E-state index contributed by atoms with van der Waals surface area (Å²) in [5, 5.41) is 8.94. The van der Waals surface area contributed by atoms with Crippen molar-refractivity contribution in [3.05, 3.63) is 65.8 Å². The van der Waals surface area contributed by atoms with E-state index >= 15 is 0 Å². The highest BCUT2D eigenvalue weighted by Gasteiger charge is 2.21. The number of hydrogen-bond acceptors (Lipinski definition) is 1. The monoisotopic (exact) mass is 348 g/mol. The van der Waals surface area contributed by atoms with Crippen molar-refractivity contribution in [2.45, 2.75) is 20.8 Å². The van der Waals surface area contributed by atoms with Gasteiger partial charge < -0.3 is 0 Å². The number of halogens is 1. The quantitative estimate of drug-likeness (QED) is 0.730. The van der Waals surface area contributed by atoms with E-state index in [4.69, 9.17) is 5.26 Å². The van der Waals surface area contributed by atoms with Gasteiger partial charge in [0.1, 0.15) is 0 Å². The van der Waals surface area contributed by atoms with Crippen molar-refractivity contribution in [2.24, 2.45) is 0 Å². The van der Waals surface area contributed by atoms with E-state index in [1.807, 2.05) is 18.2 Å². The van der Waals surface area contributed by atoms with Gasteiger partial charge in [0.15, 0.2) is 7.14 Å². The van der Waals surface area contributed by atoms with Crippen molar-refractivity contribution in [1.82, 2.24) is 0 Å². The zero-order valence-electron chi connectivity index (χ0n) is 10.8. The smallest absolute Gasteiger partial charge is 0.192 e. The zero-order chi connectivity index (χ0) is 13.1. The van der Waals surface area contributed by atoms with Crippen LogP contribution in [-0.4, -0.2) is 0 Å². The molecule has 0 aliphatic rings. The minimum absolute atomic E-state index is 0.202. The number of nitriles is 1. The molecule has 0 aromatic heterocycles. The van der Waals surface area contributed by atoms with E-state index in [1.165, 1.54) is 23.8 Å². The van der Waals surface area contributed by atoms with Gasteiger partial charge in [-0.2, -0.15) is 5.26 Å². The van der Waals surface area contributed by atoms with Crippen LogP contribution < -0.4 is 21.2 Å². The van der Waals surface area contributed by atoms with Crippen molar-refractivity contribution in [2.75, 3.05) is 0 Å². The van der Waals surface area contributed by atoms with Gasteiger partial charge in [-0.3, -0.25) is 0 Å². The lowest BCUT2D eigenvalue weighted by Gasteiger charge is -2.00. The standard InChI is InChI=1S/C16H15IN/c1-11-7-12(2)16(13(3)8-11)17-15-6-4-5-14(9-15)10-18/h4-9H,1-3H3/q+1. The van der Waals surface area contributed by atoms with Crippen LogP contribution in [0.15, 0.2) is 36.4 Å². The summed E-state index contributed by atoms with van der Waals surface area (Å²) in [6, 6.07) is 14.7. The third-order valence-corrected chi connectivity index (χ3v) is 6.27. The summed E-state index contributed by atoms with van der Waals surface area (Å²) < 4.78 is 2.79. The van der Waals surface area contributed by atoms with E-state index in [-0.39, 0.29) is 21.2 Å². The highest BCUT2D eigenvalue weighted by molar-refractivity contribution is 5.29. The summed E-state index contributed by atoms with van der Waals surface area (Å²) in [5.41, 5.74) is 4.84. The number of benzene rings is 2. The molecule has 2 aromatic carbocycles. The van der Waals surface area contributed by atoms with E-state index in [1.54, 1.807) is 0 Å². The molecule has 90 valence electrons. The van der Waals surface area contributed by atoms with Crippen molar-refractivity contribution >= 4 is 0 Å². The first kappa shape index (κ1) is 13.1. The Bertz CT molecular complexity index is 600. The topological polar surface area (TPSA) is 23.8 Å². The van der Waals surface area contributed by atoms with Gasteiger partial charge in [-0.1, -0.05) is 23.8 Å². The molecule has 1 nitrogen and oxygen atoms in total. The molecule has 0 saturated carbocycles. The largest absolute Gasteiger partial charge is 0.358 e. The molecule has 0 aliphatic carbocycles. The molecule has 0 radical (unpaired) electrons. The average molecular weight is 348 g/mol. The summed E-state index contributed by atoms with van der Waals surface area (Å²) in [5.74, 6) is 0. The second-order valence-corrected chi connectivity index (χ2v) is 7.29. The Morgan fingerprint density at radius 1 is 1.00 bits per heavy atom. The maximum absolute atomic E-state index is 8.94. The molecule has 0 heterocycles. The predicted molar refractivity (Wildman–Crippen MR) is 69.2 cm³/mol. The molecule has 0 saturated heterocycles. The minimum Gasteiger partial charge on any atom is -0.192 e. The van der Waals surface area contributed by atoms with Gasteiger partial charge in [0.05, 0.1) is 11.6 Å². The number of aryl methyl sites for hydroxylation is 3. The fraction of sp³-hybridized carbons (Fsp3) is 0.188. The molecule has 0 unspecified atom stereocenters. The molecule has 2 rings (SSSR count). The first-order valence-electron chi connectivity index (χ1n) is 5.83. The molecular formula is C16H15IN+. The lowest BCUT2D eigenvalue weighted by molar-refractivity contribution is -0.598. The highest BCUT2D eigenvalue weighted by Crippen LogP contribution is 2.07. The van der Waals surface area contributed by atoms with E-state index in [0.717, 1.165) is 5.56 Å². The van der Waals surface area contributed by atoms with Crippen LogP contribution in [0.5, 0.6) is 0 Å². The van der Waals surface area contributed by atoms with Gasteiger partial charge in [-0.15, -0.1) is 0 Å². The fourth-order valence-electron chi connectivity index (χ4n) is 2.04. The molecule has 0 fully saturated rings. The SMILES string of the molecule is Cc1cc(C)c([I+]c2cccc(C#N)c2)c(C)c1. The van der Waals surface area contributed by atoms with Crippen LogP contribution in [0.2, 0.25) is 0 Å². The van der Waals surface area contributed by atoms with Gasteiger partial charge in [-0.25, -0.2) is 0 Å². The Kier molecular flexibility index (Phi) is 4.03. The summed E-state index contributed by atoms with van der Waals surface area (Å²) in [6.45, 7) is 6.50. The van der Waals surface area contributed by atoms with Crippen LogP contribution in [0.4, 0.5) is 0 Å². The van der Waals surface area contributed by atoms with Crippen molar-refractivity contribution in [1.29, 1.82) is 5.26 Å². The summed E-state index contributed by atoms with van der Waals surface area (Å²) >= 11 is -0.202. The van der Waals surface area contributed by atoms with Crippen LogP contribution in [0, 0.1) is 39.2 Å². The molecular weight excluding hydrogens is 333 g/mol. The maximum atomic E-state index is 8.94. The highest BCUT2D eigenvalue weighted by atomic mass is 127. The maximum Gasteiger partial charge on any atom is 0.358 e. The zero-order valence-corrected chi connectivity index (χ0v) is 12.9. The Morgan fingerprint density at radius 2 is 1.67 bits per heavy atom. The minimum atomic E-state index is -0.202. The molecule has 0 spiro atoms. The first-order valence-corrected chi connectivity index (χ1v) is 7.99. The lowest BCUT2D eigenvalue weighted by atomic mass is 10.1. The molecule has 0 aliphatic heterocycles. The number of rotatable bonds is 2. The van der Waals surface area contributed by atoms with Crippen LogP contribution >= 0.6 is 0 Å². The average Bonchev–Trinajstić information content (AvgIpc) is 2.34. The molecule has 0 atom stereocenters. The Balaban J connectivity index is 2.37. The molecule has 2 heteroatoms. The number of nitrogens with zero attached hydrogens (tertiary/aromatic N) is 1. The summed E-state index contributed by atoms with van der Waals surface area (Å²) in [4.78, 5) is 0. The third-order valence-electron chi connectivity index (χ3n) is 2.74. The molecule has 0 N–H and O–H groups in total. The molecule has 2 aromatic rings. The van der Waals surface area contributed by atoms with Crippen molar-refractivity contribution in [3.63, 3.8) is 0 Å². The van der Waals surface area contributed by atoms with Gasteiger partial charge in [0.25, 0.3) is 0 Å². The summed E-state index contributed by atoms with van der Waals surface area (Å²) in [6.07, 6.45) is 0. The second kappa shape index (κ2) is 5.53. The van der Waals surface area contributed by atoms with E-state index < -0.39 is 0 Å². The van der Waals surface area contributed by atoms with E-state index in [0.29, 0.717) is 0 Å². The molecule has 0 amide bonds. The lowest BCUT2D eigenvalue weighted by Crippen LogP contribution is -3.62. The molecule has 18 heavy (non-hydrogen) atoms. The first-order chi connectivity index (χ1) is 8.60. The predicted octanol–water partition coefficient (Wildman–Crippen LogP) is 0.612. The van der Waals surface area contributed by atoms with Crippen LogP contribution in [0.3, 0.4) is 0 Å². The Morgan fingerprint density at radius 3 is 2.28 bits per heavy atom. The normalized spacial score (nSPS) is 10.1. The summed E-state index contributed by atoms with van der Waals surface area (Å²) in [7, 11) is 0. The molecule has 0 bridgehead atoms. The Hall–Kier alpha value is -1.34. The number of hydrogen-bond donors (Lipinski definition) is 0. The van der Waals surface area contributed by atoms with Crippen molar-refractivity contribution in [3.8, 4) is 6.07 Å². The van der Waals surface area contributed by atoms with Gasteiger partial charge in [0.2, 0.25) is 0 Å². The van der Waals surface area contributed by atoms with Crippen molar-refractivity contribution < 1.29 is 21.2 Å². The fourth-order valence-corrected chi connectivity index (χ4v) is 4.70.